The van der Waals surface area contributed by atoms with Gasteiger partial charge in [0.1, 0.15) is 18.5 Å². The molecule has 30 heavy (non-hydrogen) atoms. The minimum Gasteiger partial charge on any atom is -0.369 e. The number of piperazine rings is 1. The lowest BCUT2D eigenvalue weighted by Gasteiger charge is -2.42. The monoisotopic (exact) mass is 451 g/mol. The van der Waals surface area contributed by atoms with Crippen LogP contribution in [-0.4, -0.2) is 54.9 Å². The molecule has 1 saturated heterocycles. The number of benzene rings is 1. The van der Waals surface area contributed by atoms with Crippen molar-refractivity contribution in [2.24, 2.45) is 5.92 Å². The van der Waals surface area contributed by atoms with Crippen LogP contribution in [0.1, 0.15) is 31.4 Å². The van der Waals surface area contributed by atoms with Crippen LogP contribution in [0, 0.1) is 11.7 Å². The summed E-state index contributed by atoms with van der Waals surface area (Å²) in [4.78, 5) is 26.0. The van der Waals surface area contributed by atoms with Gasteiger partial charge in [0.05, 0.1) is 17.2 Å². The summed E-state index contributed by atoms with van der Waals surface area (Å²) in [6.45, 7) is 0.907. The van der Waals surface area contributed by atoms with Gasteiger partial charge < -0.3 is 20.3 Å². The van der Waals surface area contributed by atoms with Crippen LogP contribution >= 0.6 is 11.6 Å². The van der Waals surface area contributed by atoms with Gasteiger partial charge in [-0.1, -0.05) is 17.7 Å². The Kier molecular flexibility index (Phi) is 6.76. The van der Waals surface area contributed by atoms with Gasteiger partial charge in [0.25, 0.3) is 0 Å². The molecule has 2 aliphatic rings. The third-order valence-electron chi connectivity index (χ3n) is 5.43. The number of amides is 3. The van der Waals surface area contributed by atoms with Crippen molar-refractivity contribution in [2.45, 2.75) is 44.1 Å². The van der Waals surface area contributed by atoms with Crippen LogP contribution in [0.15, 0.2) is 18.2 Å². The first-order valence-electron chi connectivity index (χ1n) is 9.53. The molecule has 2 atom stereocenters. The van der Waals surface area contributed by atoms with Crippen LogP contribution in [0.2, 0.25) is 5.02 Å². The van der Waals surface area contributed by atoms with Crippen molar-refractivity contribution in [3.8, 4) is 0 Å². The van der Waals surface area contributed by atoms with Crippen LogP contribution in [0.4, 0.5) is 22.4 Å². The van der Waals surface area contributed by atoms with Crippen LogP contribution in [0.3, 0.4) is 0 Å². The van der Waals surface area contributed by atoms with E-state index >= 15 is 0 Å². The van der Waals surface area contributed by atoms with Gasteiger partial charge in [-0.15, -0.1) is 0 Å². The predicted octanol–water partition coefficient (Wildman–Crippen LogP) is 3.41. The molecule has 3 amide bonds. The quantitative estimate of drug-likeness (QED) is 0.674. The van der Waals surface area contributed by atoms with Gasteiger partial charge in [-0.2, -0.15) is 13.2 Å². The van der Waals surface area contributed by atoms with E-state index < -0.39 is 42.8 Å². The number of alkyl halides is 3. The smallest absolute Gasteiger partial charge is 0.369 e. The molecule has 166 valence electrons. The maximum atomic E-state index is 13.6. The number of nitrogens with one attached hydrogen (secondary N) is 2. The minimum atomic E-state index is -4.41. The Bertz CT molecular complexity index is 802. The van der Waals surface area contributed by atoms with E-state index in [0.29, 0.717) is 31.5 Å². The van der Waals surface area contributed by atoms with Gasteiger partial charge in [0.2, 0.25) is 5.91 Å². The fourth-order valence-corrected chi connectivity index (χ4v) is 3.87. The van der Waals surface area contributed by atoms with Crippen molar-refractivity contribution in [2.75, 3.05) is 19.7 Å². The van der Waals surface area contributed by atoms with Crippen molar-refractivity contribution >= 4 is 23.5 Å². The number of carbonyl (C=O) groups excluding carboxylic acids is 2. The highest BCUT2D eigenvalue weighted by Gasteiger charge is 2.41. The highest BCUT2D eigenvalue weighted by atomic mass is 35.5. The summed E-state index contributed by atoms with van der Waals surface area (Å²) in [7, 11) is 0. The molecule has 6 nitrogen and oxygen atoms in total. The number of ether oxygens (including phenoxy) is 1. The van der Waals surface area contributed by atoms with Crippen LogP contribution in [0.5, 0.6) is 0 Å². The van der Waals surface area contributed by atoms with E-state index in [-0.39, 0.29) is 16.8 Å². The maximum Gasteiger partial charge on any atom is 0.411 e. The molecule has 2 fully saturated rings. The molecule has 1 heterocycles. The van der Waals surface area contributed by atoms with Crippen LogP contribution < -0.4 is 10.6 Å². The summed E-state index contributed by atoms with van der Waals surface area (Å²) < 4.78 is 55.5. The maximum absolute atomic E-state index is 13.6. The second-order valence-electron chi connectivity index (χ2n) is 7.54. The Balaban J connectivity index is 1.71. The van der Waals surface area contributed by atoms with Crippen LogP contribution in [-0.2, 0) is 9.53 Å². The molecular weight excluding hydrogens is 430 g/mol. The molecule has 0 bridgehead atoms. The standard InChI is InChI=1S/C19H22ClF4N3O3/c1-10-17(28)25-4-5-27(10)18(29)26-16(11-2-3-15(21)14(20)8-11)12-6-13(7-12)30-9-19(22,23)24/h2-3,8,10,12-13,16H,4-7,9H2,1H3,(H,25,28)(H,26,29). The zero-order valence-corrected chi connectivity index (χ0v) is 16.9. The van der Waals surface area contributed by atoms with Gasteiger partial charge >= 0.3 is 12.2 Å². The molecule has 0 aromatic heterocycles. The zero-order valence-electron chi connectivity index (χ0n) is 16.1. The number of carbonyl (C=O) groups is 2. The van der Waals surface area contributed by atoms with Gasteiger partial charge in [-0.3, -0.25) is 4.79 Å². The molecule has 1 saturated carbocycles. The van der Waals surface area contributed by atoms with Crippen molar-refractivity contribution in [1.29, 1.82) is 0 Å². The zero-order chi connectivity index (χ0) is 22.1. The van der Waals surface area contributed by atoms with Crippen LogP contribution in [0.25, 0.3) is 0 Å². The lowest BCUT2D eigenvalue weighted by atomic mass is 9.75. The Morgan fingerprint density at radius 2 is 2.10 bits per heavy atom. The topological polar surface area (TPSA) is 70.7 Å². The van der Waals surface area contributed by atoms with E-state index in [9.17, 15) is 27.2 Å². The molecule has 1 aromatic carbocycles. The molecule has 11 heteroatoms. The molecule has 3 rings (SSSR count). The van der Waals surface area contributed by atoms with E-state index in [1.54, 1.807) is 6.92 Å². The second kappa shape index (κ2) is 8.97. The number of hydrogen-bond acceptors (Lipinski definition) is 3. The molecule has 2 N–H and O–H groups in total. The number of urea groups is 1. The normalized spacial score (nSPS) is 25.3. The Morgan fingerprint density at radius 1 is 1.40 bits per heavy atom. The first-order chi connectivity index (χ1) is 14.0. The highest BCUT2D eigenvalue weighted by molar-refractivity contribution is 6.30. The number of halogens is 5. The average molecular weight is 452 g/mol. The Hall–Kier alpha value is -2.07. The van der Waals surface area contributed by atoms with E-state index in [1.165, 1.54) is 23.1 Å². The molecule has 0 spiro atoms. The van der Waals surface area contributed by atoms with Crippen molar-refractivity contribution in [1.82, 2.24) is 15.5 Å². The summed E-state index contributed by atoms with van der Waals surface area (Å²) in [5.74, 6) is -1.11. The molecule has 2 unspecified atom stereocenters. The predicted molar refractivity (Wildman–Crippen MR) is 100 cm³/mol. The van der Waals surface area contributed by atoms with E-state index in [4.69, 9.17) is 16.3 Å². The number of hydrogen-bond donors (Lipinski definition) is 2. The van der Waals surface area contributed by atoms with Gasteiger partial charge in [0.15, 0.2) is 0 Å². The number of nitrogens with zero attached hydrogens (tertiary/aromatic N) is 1. The molecule has 1 aromatic rings. The van der Waals surface area contributed by atoms with E-state index in [2.05, 4.69) is 10.6 Å². The van der Waals surface area contributed by atoms with Gasteiger partial charge in [-0.25, -0.2) is 9.18 Å². The van der Waals surface area contributed by atoms with E-state index in [1.807, 2.05) is 0 Å². The minimum absolute atomic E-state index is 0.123. The Morgan fingerprint density at radius 3 is 2.73 bits per heavy atom. The second-order valence-corrected chi connectivity index (χ2v) is 7.95. The Labute approximate surface area is 175 Å². The number of rotatable bonds is 5. The molecule has 0 radical (unpaired) electrons. The van der Waals surface area contributed by atoms with Crippen molar-refractivity contribution < 1.29 is 31.9 Å². The lowest BCUT2D eigenvalue weighted by Crippen LogP contribution is -2.59. The van der Waals surface area contributed by atoms with Gasteiger partial charge in [0, 0.05) is 13.1 Å². The van der Waals surface area contributed by atoms with Gasteiger partial charge in [-0.05, 0) is 43.4 Å². The third-order valence-corrected chi connectivity index (χ3v) is 5.72. The van der Waals surface area contributed by atoms with E-state index in [0.717, 1.165) is 0 Å². The molecular formula is C19H22ClF4N3O3. The molecule has 1 aliphatic heterocycles. The highest BCUT2D eigenvalue weighted by Crippen LogP contribution is 2.41. The summed E-state index contributed by atoms with van der Waals surface area (Å²) >= 11 is 5.88. The van der Waals surface area contributed by atoms with Crippen molar-refractivity contribution in [3.63, 3.8) is 0 Å². The SMILES string of the molecule is CC1C(=O)NCCN1C(=O)NC(c1ccc(F)c(Cl)c1)C1CC(OCC(F)(F)F)C1. The summed E-state index contributed by atoms with van der Waals surface area (Å²) in [5.41, 5.74) is 0.531. The first kappa shape index (κ1) is 22.6. The summed E-state index contributed by atoms with van der Waals surface area (Å²) in [6, 6.07) is 2.27. The average Bonchev–Trinajstić information content (AvgIpc) is 2.63. The summed E-state index contributed by atoms with van der Waals surface area (Å²) in [5, 5.41) is 5.38. The largest absolute Gasteiger partial charge is 0.411 e. The first-order valence-corrected chi connectivity index (χ1v) is 9.91. The fraction of sp³-hybridized carbons (Fsp3) is 0.579. The molecule has 1 aliphatic carbocycles. The van der Waals surface area contributed by atoms with Crippen molar-refractivity contribution in [3.05, 3.63) is 34.6 Å². The third kappa shape index (κ3) is 5.34. The summed E-state index contributed by atoms with van der Waals surface area (Å²) in [6.07, 6.45) is -4.39. The lowest BCUT2D eigenvalue weighted by molar-refractivity contribution is -0.198. The fourth-order valence-electron chi connectivity index (χ4n) is 3.68.